The summed E-state index contributed by atoms with van der Waals surface area (Å²) in [5.41, 5.74) is 0.480. The normalized spacial score (nSPS) is 12.2. The molecule has 0 aliphatic heterocycles. The van der Waals surface area contributed by atoms with Gasteiger partial charge in [0, 0.05) is 19.1 Å². The Morgan fingerprint density at radius 1 is 1.50 bits per heavy atom. The van der Waals surface area contributed by atoms with Crippen molar-refractivity contribution in [2.24, 2.45) is 0 Å². The standard InChI is InChI=1S/C14H23N3O3/c1-5-11(2)16(3)10-9-15-12-7-6-8-13(20-4)14(12)17(18)19/h6-8,11,15H,5,9-10H2,1-4H3. The molecule has 1 rings (SSSR count). The molecule has 1 aromatic rings. The zero-order chi connectivity index (χ0) is 15.1. The Morgan fingerprint density at radius 2 is 2.20 bits per heavy atom. The summed E-state index contributed by atoms with van der Waals surface area (Å²) in [4.78, 5) is 12.9. The topological polar surface area (TPSA) is 67.6 Å². The Morgan fingerprint density at radius 3 is 2.75 bits per heavy atom. The van der Waals surface area contributed by atoms with Crippen molar-refractivity contribution in [3.8, 4) is 5.75 Å². The average Bonchev–Trinajstić information content (AvgIpc) is 2.45. The Balaban J connectivity index is 2.71. The lowest BCUT2D eigenvalue weighted by molar-refractivity contribution is -0.384. The largest absolute Gasteiger partial charge is 0.490 e. The zero-order valence-corrected chi connectivity index (χ0v) is 12.5. The maximum absolute atomic E-state index is 11.1. The number of anilines is 1. The van der Waals surface area contributed by atoms with Gasteiger partial charge in [0.05, 0.1) is 12.0 Å². The monoisotopic (exact) mass is 281 g/mol. The van der Waals surface area contributed by atoms with Gasteiger partial charge in [-0.15, -0.1) is 0 Å². The van der Waals surface area contributed by atoms with Crippen molar-refractivity contribution < 1.29 is 9.66 Å². The lowest BCUT2D eigenvalue weighted by Crippen LogP contribution is -2.32. The molecule has 1 aromatic carbocycles. The van der Waals surface area contributed by atoms with Crippen LogP contribution in [0.25, 0.3) is 0 Å². The molecule has 1 unspecified atom stereocenters. The van der Waals surface area contributed by atoms with Crippen LogP contribution in [0.3, 0.4) is 0 Å². The third kappa shape index (κ3) is 4.09. The Labute approximate surface area is 119 Å². The van der Waals surface area contributed by atoms with E-state index in [0.29, 0.717) is 18.3 Å². The average molecular weight is 281 g/mol. The van der Waals surface area contributed by atoms with Crippen LogP contribution >= 0.6 is 0 Å². The summed E-state index contributed by atoms with van der Waals surface area (Å²) in [5.74, 6) is 0.273. The summed E-state index contributed by atoms with van der Waals surface area (Å²) in [7, 11) is 3.48. The minimum absolute atomic E-state index is 0.0128. The van der Waals surface area contributed by atoms with Crippen LogP contribution in [0.5, 0.6) is 5.75 Å². The predicted molar refractivity (Wildman–Crippen MR) is 80.5 cm³/mol. The van der Waals surface area contributed by atoms with Gasteiger partial charge >= 0.3 is 5.69 Å². The van der Waals surface area contributed by atoms with E-state index in [2.05, 4.69) is 31.1 Å². The summed E-state index contributed by atoms with van der Waals surface area (Å²) in [6.45, 7) is 5.77. The number of hydrogen-bond acceptors (Lipinski definition) is 5. The van der Waals surface area contributed by atoms with Gasteiger partial charge in [0.25, 0.3) is 0 Å². The molecular weight excluding hydrogens is 258 g/mol. The summed E-state index contributed by atoms with van der Waals surface area (Å²) in [5, 5.41) is 14.2. The van der Waals surface area contributed by atoms with E-state index >= 15 is 0 Å². The number of ether oxygens (including phenoxy) is 1. The highest BCUT2D eigenvalue weighted by molar-refractivity contribution is 5.68. The molecule has 0 spiro atoms. The molecule has 20 heavy (non-hydrogen) atoms. The molecule has 1 atom stereocenters. The van der Waals surface area contributed by atoms with Gasteiger partial charge < -0.3 is 15.0 Å². The zero-order valence-electron chi connectivity index (χ0n) is 12.5. The number of hydrogen-bond donors (Lipinski definition) is 1. The molecule has 1 N–H and O–H groups in total. The molecule has 0 aromatic heterocycles. The van der Waals surface area contributed by atoms with Crippen LogP contribution in [0.15, 0.2) is 18.2 Å². The van der Waals surface area contributed by atoms with E-state index in [4.69, 9.17) is 4.74 Å². The van der Waals surface area contributed by atoms with Crippen LogP contribution < -0.4 is 10.1 Å². The number of likely N-dealkylation sites (N-methyl/N-ethyl adjacent to an activating group) is 1. The highest BCUT2D eigenvalue weighted by atomic mass is 16.6. The lowest BCUT2D eigenvalue weighted by atomic mass is 10.2. The molecule has 6 heteroatoms. The van der Waals surface area contributed by atoms with Crippen LogP contribution in [0.1, 0.15) is 20.3 Å². The first-order valence-corrected chi connectivity index (χ1v) is 6.76. The second-order valence-corrected chi connectivity index (χ2v) is 4.78. The molecule has 0 saturated heterocycles. The first-order chi connectivity index (χ1) is 9.51. The highest BCUT2D eigenvalue weighted by Crippen LogP contribution is 2.34. The Kier molecular flexibility index (Phi) is 6.24. The number of benzene rings is 1. The quantitative estimate of drug-likeness (QED) is 0.586. The second kappa shape index (κ2) is 7.69. The molecule has 0 aliphatic carbocycles. The first-order valence-electron chi connectivity index (χ1n) is 6.76. The van der Waals surface area contributed by atoms with Crippen LogP contribution in [0.2, 0.25) is 0 Å². The van der Waals surface area contributed by atoms with Gasteiger partial charge in [-0.05, 0) is 32.5 Å². The van der Waals surface area contributed by atoms with Gasteiger partial charge in [-0.3, -0.25) is 10.1 Å². The van der Waals surface area contributed by atoms with Gasteiger partial charge in [-0.2, -0.15) is 0 Å². The van der Waals surface area contributed by atoms with Crippen molar-refractivity contribution in [1.29, 1.82) is 0 Å². The SMILES string of the molecule is CCC(C)N(C)CCNc1cccc(OC)c1[N+](=O)[O-]. The fourth-order valence-corrected chi connectivity index (χ4v) is 1.92. The highest BCUT2D eigenvalue weighted by Gasteiger charge is 2.20. The fourth-order valence-electron chi connectivity index (χ4n) is 1.92. The maximum Gasteiger partial charge on any atom is 0.333 e. The minimum Gasteiger partial charge on any atom is -0.490 e. The minimum atomic E-state index is -0.417. The molecule has 0 amide bonds. The molecule has 6 nitrogen and oxygen atoms in total. The number of rotatable bonds is 8. The van der Waals surface area contributed by atoms with Crippen molar-refractivity contribution in [3.05, 3.63) is 28.3 Å². The molecule has 0 heterocycles. The predicted octanol–water partition coefficient (Wildman–Crippen LogP) is 2.75. The number of methoxy groups -OCH3 is 1. The summed E-state index contributed by atoms with van der Waals surface area (Å²) in [6.07, 6.45) is 1.08. The number of nitro groups is 1. The van der Waals surface area contributed by atoms with Crippen LogP contribution in [0.4, 0.5) is 11.4 Å². The summed E-state index contributed by atoms with van der Waals surface area (Å²) < 4.78 is 5.04. The Bertz CT molecular complexity index is 451. The van der Waals surface area contributed by atoms with Crippen molar-refractivity contribution >= 4 is 11.4 Å². The molecule has 0 radical (unpaired) electrons. The van der Waals surface area contributed by atoms with E-state index in [1.807, 2.05) is 0 Å². The number of nitrogens with zero attached hydrogens (tertiary/aromatic N) is 2. The van der Waals surface area contributed by atoms with Crippen LogP contribution in [-0.2, 0) is 0 Å². The Hall–Kier alpha value is -1.82. The van der Waals surface area contributed by atoms with E-state index < -0.39 is 4.92 Å². The molecular formula is C14H23N3O3. The van der Waals surface area contributed by atoms with Crippen LogP contribution in [0, 0.1) is 10.1 Å². The third-order valence-electron chi connectivity index (χ3n) is 3.52. The van der Waals surface area contributed by atoms with E-state index in [-0.39, 0.29) is 11.4 Å². The van der Waals surface area contributed by atoms with Crippen molar-refractivity contribution in [1.82, 2.24) is 4.90 Å². The number of nitrogens with one attached hydrogen (secondary N) is 1. The van der Waals surface area contributed by atoms with E-state index in [1.165, 1.54) is 7.11 Å². The number of para-hydroxylation sites is 1. The molecule has 0 bridgehead atoms. The van der Waals surface area contributed by atoms with Gasteiger partial charge in [-0.1, -0.05) is 13.0 Å². The van der Waals surface area contributed by atoms with Gasteiger partial charge in [-0.25, -0.2) is 0 Å². The van der Waals surface area contributed by atoms with Gasteiger partial charge in [0.2, 0.25) is 0 Å². The van der Waals surface area contributed by atoms with Crippen molar-refractivity contribution in [2.45, 2.75) is 26.3 Å². The fraction of sp³-hybridized carbons (Fsp3) is 0.571. The van der Waals surface area contributed by atoms with E-state index in [1.54, 1.807) is 18.2 Å². The smallest absolute Gasteiger partial charge is 0.333 e. The van der Waals surface area contributed by atoms with E-state index in [9.17, 15) is 10.1 Å². The van der Waals surface area contributed by atoms with E-state index in [0.717, 1.165) is 13.0 Å². The summed E-state index contributed by atoms with van der Waals surface area (Å²) >= 11 is 0. The molecule has 0 fully saturated rings. The third-order valence-corrected chi connectivity index (χ3v) is 3.52. The van der Waals surface area contributed by atoms with Crippen molar-refractivity contribution in [2.75, 3.05) is 32.6 Å². The van der Waals surface area contributed by atoms with Crippen molar-refractivity contribution in [3.63, 3.8) is 0 Å². The molecule has 0 saturated carbocycles. The van der Waals surface area contributed by atoms with Gasteiger partial charge in [0.1, 0.15) is 5.69 Å². The second-order valence-electron chi connectivity index (χ2n) is 4.78. The maximum atomic E-state index is 11.1. The van der Waals surface area contributed by atoms with Gasteiger partial charge in [0.15, 0.2) is 5.75 Å². The number of nitro benzene ring substituents is 1. The lowest BCUT2D eigenvalue weighted by Gasteiger charge is -2.23. The van der Waals surface area contributed by atoms with Crippen LogP contribution in [-0.4, -0.2) is 43.1 Å². The molecule has 112 valence electrons. The first kappa shape index (κ1) is 16.2. The molecule has 0 aliphatic rings. The summed E-state index contributed by atoms with van der Waals surface area (Å²) in [6, 6.07) is 5.53.